The second-order valence-electron chi connectivity index (χ2n) is 4.87. The van der Waals surface area contributed by atoms with E-state index < -0.39 is 21.2 Å². The molecule has 0 saturated carbocycles. The third-order valence-electron chi connectivity index (χ3n) is 3.47. The fourth-order valence-corrected chi connectivity index (χ4v) is 4.38. The van der Waals surface area contributed by atoms with Crippen LogP contribution in [0.4, 0.5) is 0 Å². The van der Waals surface area contributed by atoms with E-state index in [2.05, 4.69) is 4.98 Å². The van der Waals surface area contributed by atoms with Crippen LogP contribution in [-0.2, 0) is 21.1 Å². The molecule has 2 heterocycles. The number of sulfone groups is 1. The number of rotatable bonds is 3. The zero-order valence-electron chi connectivity index (χ0n) is 10.1. The van der Waals surface area contributed by atoms with Crippen molar-refractivity contribution in [3.63, 3.8) is 0 Å². The van der Waals surface area contributed by atoms with Crippen molar-refractivity contribution >= 4 is 15.8 Å². The molecule has 0 bridgehead atoms. The molecule has 1 aliphatic rings. The quantitative estimate of drug-likeness (QED) is 0.878. The van der Waals surface area contributed by atoms with Crippen LogP contribution >= 0.6 is 0 Å². The first-order chi connectivity index (χ1) is 8.35. The van der Waals surface area contributed by atoms with Crippen LogP contribution in [0.2, 0.25) is 0 Å². The SMILES string of the molecule is Cc1cccnc1CC1(C(=O)O)CCS(=O)(=O)C1. The number of carbonyl (C=O) groups is 1. The summed E-state index contributed by atoms with van der Waals surface area (Å²) in [6.07, 6.45) is 1.94. The number of nitrogens with zero attached hydrogens (tertiary/aromatic N) is 1. The molecule has 2 rings (SSSR count). The number of aliphatic carboxylic acids is 1. The zero-order valence-corrected chi connectivity index (χ0v) is 10.9. The van der Waals surface area contributed by atoms with Crippen LogP contribution in [0.3, 0.4) is 0 Å². The number of pyridine rings is 1. The molecule has 5 nitrogen and oxygen atoms in total. The van der Waals surface area contributed by atoms with E-state index in [0.29, 0.717) is 5.69 Å². The van der Waals surface area contributed by atoms with E-state index in [1.165, 1.54) is 0 Å². The highest BCUT2D eigenvalue weighted by Gasteiger charge is 2.48. The molecule has 1 atom stereocenters. The molecule has 0 aliphatic carbocycles. The molecule has 1 aliphatic heterocycles. The number of aryl methyl sites for hydroxylation is 1. The lowest BCUT2D eigenvalue weighted by atomic mass is 9.82. The van der Waals surface area contributed by atoms with Crippen molar-refractivity contribution in [2.24, 2.45) is 5.41 Å². The van der Waals surface area contributed by atoms with E-state index in [-0.39, 0.29) is 24.3 Å². The maximum absolute atomic E-state index is 11.5. The topological polar surface area (TPSA) is 84.3 Å². The molecular formula is C12H15NO4S. The summed E-state index contributed by atoms with van der Waals surface area (Å²) in [4.78, 5) is 15.6. The maximum atomic E-state index is 11.5. The highest BCUT2D eigenvalue weighted by Crippen LogP contribution is 2.36. The zero-order chi connectivity index (χ0) is 13.4. The number of carboxylic acids is 1. The van der Waals surface area contributed by atoms with Crippen LogP contribution in [0.25, 0.3) is 0 Å². The molecule has 0 spiro atoms. The average Bonchev–Trinajstić information content (AvgIpc) is 2.59. The number of aromatic nitrogens is 1. The van der Waals surface area contributed by atoms with Gasteiger partial charge in [-0.25, -0.2) is 8.42 Å². The fourth-order valence-electron chi connectivity index (χ4n) is 2.32. The normalized spacial score (nSPS) is 26.1. The van der Waals surface area contributed by atoms with Gasteiger partial charge in [0.1, 0.15) is 0 Å². The molecule has 0 amide bonds. The Morgan fingerprint density at radius 3 is 2.78 bits per heavy atom. The van der Waals surface area contributed by atoms with E-state index in [9.17, 15) is 18.3 Å². The summed E-state index contributed by atoms with van der Waals surface area (Å²) in [6, 6.07) is 3.62. The first kappa shape index (κ1) is 13.0. The summed E-state index contributed by atoms with van der Waals surface area (Å²) >= 11 is 0. The molecule has 1 aromatic rings. The summed E-state index contributed by atoms with van der Waals surface area (Å²) in [7, 11) is -3.24. The van der Waals surface area contributed by atoms with E-state index in [4.69, 9.17) is 0 Å². The fraction of sp³-hybridized carbons (Fsp3) is 0.500. The third-order valence-corrected chi connectivity index (χ3v) is 5.28. The first-order valence-corrected chi connectivity index (χ1v) is 7.51. The van der Waals surface area contributed by atoms with Gasteiger partial charge in [0.2, 0.25) is 0 Å². The van der Waals surface area contributed by atoms with Crippen molar-refractivity contribution in [3.05, 3.63) is 29.6 Å². The molecule has 6 heteroatoms. The molecular weight excluding hydrogens is 254 g/mol. The molecule has 1 N–H and O–H groups in total. The summed E-state index contributed by atoms with van der Waals surface area (Å²) in [5.41, 5.74) is 0.345. The van der Waals surface area contributed by atoms with Crippen LogP contribution in [-0.4, -0.2) is 36.0 Å². The molecule has 0 aromatic carbocycles. The van der Waals surface area contributed by atoms with Crippen LogP contribution < -0.4 is 0 Å². The monoisotopic (exact) mass is 269 g/mol. The van der Waals surface area contributed by atoms with E-state index in [0.717, 1.165) is 5.56 Å². The highest BCUT2D eigenvalue weighted by atomic mass is 32.2. The average molecular weight is 269 g/mol. The minimum Gasteiger partial charge on any atom is -0.481 e. The Balaban J connectivity index is 2.35. The van der Waals surface area contributed by atoms with Crippen LogP contribution in [0.1, 0.15) is 17.7 Å². The predicted molar refractivity (Wildman–Crippen MR) is 66.0 cm³/mol. The van der Waals surface area contributed by atoms with E-state index in [1.807, 2.05) is 13.0 Å². The van der Waals surface area contributed by atoms with Gasteiger partial charge < -0.3 is 5.11 Å². The van der Waals surface area contributed by atoms with Gasteiger partial charge in [0.05, 0.1) is 16.9 Å². The Hall–Kier alpha value is -1.43. The molecule has 0 radical (unpaired) electrons. The summed E-state index contributed by atoms with van der Waals surface area (Å²) < 4.78 is 23.1. The van der Waals surface area contributed by atoms with Crippen molar-refractivity contribution in [1.29, 1.82) is 0 Å². The second kappa shape index (κ2) is 4.35. The van der Waals surface area contributed by atoms with Gasteiger partial charge in [0, 0.05) is 18.3 Å². The summed E-state index contributed by atoms with van der Waals surface area (Å²) in [5, 5.41) is 9.36. The van der Waals surface area contributed by atoms with E-state index >= 15 is 0 Å². The van der Waals surface area contributed by atoms with Gasteiger partial charge >= 0.3 is 5.97 Å². The molecule has 98 valence electrons. The first-order valence-electron chi connectivity index (χ1n) is 5.69. The minimum absolute atomic E-state index is 0.0504. The smallest absolute Gasteiger partial charge is 0.311 e. The van der Waals surface area contributed by atoms with E-state index in [1.54, 1.807) is 12.3 Å². The Bertz CT molecular complexity index is 581. The van der Waals surface area contributed by atoms with Gasteiger partial charge in [0.15, 0.2) is 9.84 Å². The lowest BCUT2D eigenvalue weighted by Gasteiger charge is -2.22. The predicted octanol–water partition coefficient (Wildman–Crippen LogP) is 0.822. The Morgan fingerprint density at radius 1 is 1.56 bits per heavy atom. The number of carboxylic acid groups (broad SMARTS) is 1. The van der Waals surface area contributed by atoms with Crippen LogP contribution in [0, 0.1) is 12.3 Å². The van der Waals surface area contributed by atoms with Crippen molar-refractivity contribution in [3.8, 4) is 0 Å². The highest BCUT2D eigenvalue weighted by molar-refractivity contribution is 7.91. The summed E-state index contributed by atoms with van der Waals surface area (Å²) in [6.45, 7) is 1.85. The molecule has 1 fully saturated rings. The third kappa shape index (κ3) is 2.38. The molecule has 1 unspecified atom stereocenters. The standard InChI is InChI=1S/C12H15NO4S/c1-9-3-2-5-13-10(9)7-12(11(14)15)4-6-18(16,17)8-12/h2-3,5H,4,6-8H2,1H3,(H,14,15). The van der Waals surface area contributed by atoms with Crippen molar-refractivity contribution < 1.29 is 18.3 Å². The molecule has 1 saturated heterocycles. The second-order valence-corrected chi connectivity index (χ2v) is 7.06. The maximum Gasteiger partial charge on any atom is 0.311 e. The van der Waals surface area contributed by atoms with Gasteiger partial charge in [0.25, 0.3) is 0 Å². The Morgan fingerprint density at radius 2 is 2.28 bits per heavy atom. The molecule has 18 heavy (non-hydrogen) atoms. The summed E-state index contributed by atoms with van der Waals surface area (Å²) in [5.74, 6) is -1.38. The Kier molecular flexibility index (Phi) is 3.14. The van der Waals surface area contributed by atoms with Gasteiger partial charge in [-0.05, 0) is 25.0 Å². The molecule has 1 aromatic heterocycles. The van der Waals surface area contributed by atoms with Crippen LogP contribution in [0.5, 0.6) is 0 Å². The Labute approximate surface area is 106 Å². The van der Waals surface area contributed by atoms with Crippen molar-refractivity contribution in [2.75, 3.05) is 11.5 Å². The van der Waals surface area contributed by atoms with Crippen LogP contribution in [0.15, 0.2) is 18.3 Å². The van der Waals surface area contributed by atoms with Gasteiger partial charge in [-0.3, -0.25) is 9.78 Å². The van der Waals surface area contributed by atoms with Gasteiger partial charge in [-0.1, -0.05) is 6.07 Å². The minimum atomic E-state index is -3.24. The largest absolute Gasteiger partial charge is 0.481 e. The number of hydrogen-bond donors (Lipinski definition) is 1. The van der Waals surface area contributed by atoms with Gasteiger partial charge in [-0.15, -0.1) is 0 Å². The van der Waals surface area contributed by atoms with Gasteiger partial charge in [-0.2, -0.15) is 0 Å². The lowest BCUT2D eigenvalue weighted by molar-refractivity contribution is -0.147. The van der Waals surface area contributed by atoms with Crippen molar-refractivity contribution in [2.45, 2.75) is 19.8 Å². The lowest BCUT2D eigenvalue weighted by Crippen LogP contribution is -2.35. The number of hydrogen-bond acceptors (Lipinski definition) is 4. The van der Waals surface area contributed by atoms with Crippen molar-refractivity contribution in [1.82, 2.24) is 4.98 Å².